The van der Waals surface area contributed by atoms with Crippen LogP contribution in [0.15, 0.2) is 39.8 Å². The van der Waals surface area contributed by atoms with Gasteiger partial charge in [0.25, 0.3) is 6.43 Å². The van der Waals surface area contributed by atoms with Crippen LogP contribution in [0.1, 0.15) is 30.5 Å². The number of alkyl halides is 2. The quantitative estimate of drug-likeness (QED) is 0.530. The fourth-order valence-corrected chi connectivity index (χ4v) is 2.52. The molecule has 1 aromatic carbocycles. The van der Waals surface area contributed by atoms with Gasteiger partial charge in [-0.15, -0.1) is 0 Å². The third-order valence-electron chi connectivity index (χ3n) is 3.84. The van der Waals surface area contributed by atoms with Gasteiger partial charge in [-0.1, -0.05) is 18.2 Å². The summed E-state index contributed by atoms with van der Waals surface area (Å²) in [5.74, 6) is -1.05. The molecule has 140 valence electrons. The van der Waals surface area contributed by atoms with Gasteiger partial charge in [0.05, 0.1) is 21.9 Å². The monoisotopic (exact) mass is 380 g/mol. The van der Waals surface area contributed by atoms with Gasteiger partial charge in [-0.25, -0.2) is 27.9 Å². The molecule has 8 nitrogen and oxygen atoms in total. The standard InChI is InChI=1S/C16H11F3N4O4/c1-7(8-3-2-4-9(12(8)17)13(18)19)22-14-10-5-11(23(25)26)16(24)27-15(10)21-6-20-14/h2-7,13H,1H3,(H,20,21,22)/t7-/m1/s1. The van der Waals surface area contributed by atoms with Crippen molar-refractivity contribution < 1.29 is 22.5 Å². The molecular formula is C16H11F3N4O4. The summed E-state index contributed by atoms with van der Waals surface area (Å²) >= 11 is 0. The Morgan fingerprint density at radius 3 is 2.63 bits per heavy atom. The Labute approximate surface area is 148 Å². The number of anilines is 1. The van der Waals surface area contributed by atoms with Gasteiger partial charge in [0.1, 0.15) is 18.0 Å². The lowest BCUT2D eigenvalue weighted by Gasteiger charge is -2.17. The molecule has 11 heteroatoms. The zero-order valence-electron chi connectivity index (χ0n) is 13.6. The molecule has 0 amide bonds. The Hall–Kier alpha value is -3.50. The molecule has 0 aliphatic heterocycles. The molecule has 3 rings (SSSR count). The van der Waals surface area contributed by atoms with Crippen molar-refractivity contribution in [2.24, 2.45) is 0 Å². The minimum atomic E-state index is -2.98. The van der Waals surface area contributed by atoms with Crippen molar-refractivity contribution in [3.63, 3.8) is 0 Å². The first kappa shape index (κ1) is 18.3. The van der Waals surface area contributed by atoms with Crippen molar-refractivity contribution in [3.8, 4) is 0 Å². The van der Waals surface area contributed by atoms with Crippen molar-refractivity contribution in [2.75, 3.05) is 5.32 Å². The van der Waals surface area contributed by atoms with Crippen molar-refractivity contribution in [3.05, 3.63) is 68.1 Å². The Morgan fingerprint density at radius 2 is 1.96 bits per heavy atom. The van der Waals surface area contributed by atoms with Crippen LogP contribution in [-0.2, 0) is 0 Å². The zero-order chi connectivity index (χ0) is 19.7. The second-order valence-electron chi connectivity index (χ2n) is 5.53. The molecule has 1 N–H and O–H groups in total. The Balaban J connectivity index is 2.04. The number of nitrogens with one attached hydrogen (secondary N) is 1. The van der Waals surface area contributed by atoms with Crippen LogP contribution in [-0.4, -0.2) is 14.9 Å². The van der Waals surface area contributed by atoms with Crippen molar-refractivity contribution in [1.82, 2.24) is 9.97 Å². The van der Waals surface area contributed by atoms with Crippen LogP contribution in [0, 0.1) is 15.9 Å². The smallest absolute Gasteiger partial charge is 0.398 e. The van der Waals surface area contributed by atoms with E-state index in [-0.39, 0.29) is 22.5 Å². The number of benzene rings is 1. The van der Waals surface area contributed by atoms with Crippen molar-refractivity contribution in [2.45, 2.75) is 19.4 Å². The molecule has 0 saturated carbocycles. The molecule has 0 aliphatic rings. The highest BCUT2D eigenvalue weighted by Gasteiger charge is 2.22. The fraction of sp³-hybridized carbons (Fsp3) is 0.188. The predicted octanol–water partition coefficient (Wildman–Crippen LogP) is 3.74. The first-order valence-corrected chi connectivity index (χ1v) is 7.55. The molecule has 0 fully saturated rings. The van der Waals surface area contributed by atoms with E-state index >= 15 is 0 Å². The van der Waals surface area contributed by atoms with Crippen LogP contribution >= 0.6 is 0 Å². The van der Waals surface area contributed by atoms with Gasteiger partial charge in [0.15, 0.2) is 0 Å². The topological polar surface area (TPSA) is 111 Å². The number of rotatable bonds is 5. The van der Waals surface area contributed by atoms with E-state index in [4.69, 9.17) is 4.42 Å². The van der Waals surface area contributed by atoms with E-state index in [1.165, 1.54) is 19.1 Å². The third kappa shape index (κ3) is 3.43. The van der Waals surface area contributed by atoms with E-state index in [9.17, 15) is 28.1 Å². The summed E-state index contributed by atoms with van der Waals surface area (Å²) in [4.78, 5) is 29.2. The second-order valence-corrected chi connectivity index (χ2v) is 5.53. The molecule has 0 saturated heterocycles. The largest absolute Gasteiger partial charge is 0.416 e. The van der Waals surface area contributed by atoms with Crippen molar-refractivity contribution in [1.29, 1.82) is 0 Å². The van der Waals surface area contributed by atoms with E-state index in [1.807, 2.05) is 0 Å². The van der Waals surface area contributed by atoms with E-state index in [2.05, 4.69) is 15.3 Å². The lowest BCUT2D eigenvalue weighted by atomic mass is 10.0. The minimum Gasteiger partial charge on any atom is -0.398 e. The predicted molar refractivity (Wildman–Crippen MR) is 88.1 cm³/mol. The Bertz CT molecular complexity index is 1090. The molecule has 1 atom stereocenters. The summed E-state index contributed by atoms with van der Waals surface area (Å²) in [5.41, 5.74) is -3.00. The van der Waals surface area contributed by atoms with Crippen LogP contribution < -0.4 is 10.9 Å². The SMILES string of the molecule is C[C@@H](Nc1ncnc2oc(=O)c([N+](=O)[O-])cc12)c1cccc(C(F)F)c1F. The number of hydrogen-bond donors (Lipinski definition) is 1. The van der Waals surface area contributed by atoms with Gasteiger partial charge < -0.3 is 9.73 Å². The minimum absolute atomic E-state index is 0.0149. The second kappa shape index (κ2) is 7.02. The van der Waals surface area contributed by atoms with E-state index in [0.29, 0.717) is 0 Å². The van der Waals surface area contributed by atoms with Gasteiger partial charge in [-0.2, -0.15) is 0 Å². The highest BCUT2D eigenvalue weighted by molar-refractivity contribution is 5.86. The molecule has 27 heavy (non-hydrogen) atoms. The number of halogens is 3. The maximum Gasteiger partial charge on any atom is 0.416 e. The Kier molecular flexibility index (Phi) is 4.75. The maximum absolute atomic E-state index is 14.3. The zero-order valence-corrected chi connectivity index (χ0v) is 13.6. The van der Waals surface area contributed by atoms with Gasteiger partial charge >= 0.3 is 11.3 Å². The first-order chi connectivity index (χ1) is 12.8. The van der Waals surface area contributed by atoms with Crippen LogP contribution in [0.2, 0.25) is 0 Å². The summed E-state index contributed by atoms with van der Waals surface area (Å²) < 4.78 is 44.9. The molecule has 0 aliphatic carbocycles. The number of nitrogens with zero attached hydrogens (tertiary/aromatic N) is 3. The van der Waals surface area contributed by atoms with E-state index < -0.39 is 40.1 Å². The average Bonchev–Trinajstić information content (AvgIpc) is 2.60. The molecule has 0 bridgehead atoms. The molecular weight excluding hydrogens is 369 g/mol. The highest BCUT2D eigenvalue weighted by Crippen LogP contribution is 2.30. The lowest BCUT2D eigenvalue weighted by molar-refractivity contribution is -0.387. The summed E-state index contributed by atoms with van der Waals surface area (Å²) in [6.45, 7) is 1.50. The maximum atomic E-state index is 14.3. The third-order valence-corrected chi connectivity index (χ3v) is 3.84. The van der Waals surface area contributed by atoms with Crippen molar-refractivity contribution >= 4 is 22.6 Å². The van der Waals surface area contributed by atoms with Crippen LogP contribution in [0.25, 0.3) is 11.1 Å². The van der Waals surface area contributed by atoms with Gasteiger partial charge in [0, 0.05) is 11.6 Å². The number of hydrogen-bond acceptors (Lipinski definition) is 7. The van der Waals surface area contributed by atoms with Crippen LogP contribution in [0.3, 0.4) is 0 Å². The molecule has 0 spiro atoms. The highest BCUT2D eigenvalue weighted by atomic mass is 19.3. The number of fused-ring (bicyclic) bond motifs is 1. The Morgan fingerprint density at radius 1 is 1.26 bits per heavy atom. The van der Waals surface area contributed by atoms with E-state index in [0.717, 1.165) is 18.5 Å². The summed E-state index contributed by atoms with van der Waals surface area (Å²) in [6.07, 6.45) is -1.94. The number of aromatic nitrogens is 2. The van der Waals surface area contributed by atoms with Gasteiger partial charge in [-0.05, 0) is 6.92 Å². The van der Waals surface area contributed by atoms with Gasteiger partial charge in [0.2, 0.25) is 5.71 Å². The molecule has 3 aromatic rings. The van der Waals surface area contributed by atoms with E-state index in [1.54, 1.807) is 0 Å². The first-order valence-electron chi connectivity index (χ1n) is 7.55. The normalized spacial score (nSPS) is 12.3. The summed E-state index contributed by atoms with van der Waals surface area (Å²) in [5, 5.41) is 13.7. The molecule has 2 heterocycles. The average molecular weight is 380 g/mol. The summed E-state index contributed by atoms with van der Waals surface area (Å²) in [6, 6.07) is 3.70. The summed E-state index contributed by atoms with van der Waals surface area (Å²) in [7, 11) is 0. The molecule has 2 aromatic heterocycles. The van der Waals surface area contributed by atoms with Gasteiger partial charge in [-0.3, -0.25) is 10.1 Å². The lowest BCUT2D eigenvalue weighted by Crippen LogP contribution is -2.13. The number of nitro groups is 1. The molecule has 0 unspecified atom stereocenters. The fourth-order valence-electron chi connectivity index (χ4n) is 2.52. The molecule has 0 radical (unpaired) electrons. The van der Waals surface area contributed by atoms with Crippen LogP contribution in [0.5, 0.6) is 0 Å². The van der Waals surface area contributed by atoms with Crippen LogP contribution in [0.4, 0.5) is 24.7 Å².